The number of aryl methyl sites for hydroxylation is 1. The Morgan fingerprint density at radius 2 is 2.16 bits per heavy atom. The Labute approximate surface area is 110 Å². The smallest absolute Gasteiger partial charge is 0.379 e. The molecule has 0 aliphatic carbocycles. The number of ketones is 1. The fourth-order valence-corrected chi connectivity index (χ4v) is 1.66. The second kappa shape index (κ2) is 5.48. The van der Waals surface area contributed by atoms with Gasteiger partial charge in [-0.25, -0.2) is 9.48 Å². The van der Waals surface area contributed by atoms with Gasteiger partial charge in [0.15, 0.2) is 0 Å². The van der Waals surface area contributed by atoms with Crippen molar-refractivity contribution >= 4 is 11.8 Å². The standard InChI is InChI=1S/C14H14N2O3/c1-3-19-14(18)13(17)11-5-4-6-12(7-11)16-9-10(2)8-15-16/h4-9H,3H2,1-2H3. The Bertz CT molecular complexity index is 617. The number of ether oxygens (including phenoxy) is 1. The summed E-state index contributed by atoms with van der Waals surface area (Å²) in [5.41, 5.74) is 2.04. The van der Waals surface area contributed by atoms with E-state index in [0.29, 0.717) is 5.56 Å². The summed E-state index contributed by atoms with van der Waals surface area (Å²) in [6.07, 6.45) is 3.56. The highest BCUT2D eigenvalue weighted by Gasteiger charge is 2.17. The van der Waals surface area contributed by atoms with Gasteiger partial charge >= 0.3 is 5.97 Å². The van der Waals surface area contributed by atoms with Crippen molar-refractivity contribution in [3.8, 4) is 5.69 Å². The van der Waals surface area contributed by atoms with Gasteiger partial charge in [-0.2, -0.15) is 5.10 Å². The second-order valence-electron chi connectivity index (χ2n) is 4.06. The maximum atomic E-state index is 11.8. The van der Waals surface area contributed by atoms with E-state index in [1.165, 1.54) is 0 Å². The van der Waals surface area contributed by atoms with Crippen LogP contribution in [0, 0.1) is 6.92 Å². The van der Waals surface area contributed by atoms with Crippen LogP contribution in [0.5, 0.6) is 0 Å². The number of benzene rings is 1. The first-order chi connectivity index (χ1) is 9.11. The highest BCUT2D eigenvalue weighted by atomic mass is 16.5. The van der Waals surface area contributed by atoms with Crippen molar-refractivity contribution in [3.05, 3.63) is 47.8 Å². The van der Waals surface area contributed by atoms with Gasteiger partial charge < -0.3 is 4.74 Å². The van der Waals surface area contributed by atoms with Gasteiger partial charge in [0.25, 0.3) is 5.78 Å². The summed E-state index contributed by atoms with van der Waals surface area (Å²) in [5, 5.41) is 4.16. The van der Waals surface area contributed by atoms with Crippen LogP contribution in [0.1, 0.15) is 22.8 Å². The van der Waals surface area contributed by atoms with Crippen molar-refractivity contribution < 1.29 is 14.3 Å². The van der Waals surface area contributed by atoms with Crippen LogP contribution in [0.15, 0.2) is 36.7 Å². The molecule has 0 aliphatic rings. The Kier molecular flexibility index (Phi) is 3.75. The lowest BCUT2D eigenvalue weighted by Gasteiger charge is -2.04. The van der Waals surface area contributed by atoms with Crippen molar-refractivity contribution in [1.29, 1.82) is 0 Å². The fraction of sp³-hybridized carbons (Fsp3) is 0.214. The zero-order valence-corrected chi connectivity index (χ0v) is 10.8. The molecule has 0 aliphatic heterocycles. The fourth-order valence-electron chi connectivity index (χ4n) is 1.66. The molecule has 0 unspecified atom stereocenters. The summed E-state index contributed by atoms with van der Waals surface area (Å²) in [7, 11) is 0. The number of carbonyl (C=O) groups excluding carboxylic acids is 2. The van der Waals surface area contributed by atoms with E-state index in [4.69, 9.17) is 4.74 Å². The molecule has 5 heteroatoms. The first-order valence-corrected chi connectivity index (χ1v) is 5.95. The first kappa shape index (κ1) is 13.0. The third-order valence-corrected chi connectivity index (χ3v) is 2.55. The Morgan fingerprint density at radius 1 is 1.37 bits per heavy atom. The van der Waals surface area contributed by atoms with Crippen LogP contribution in [-0.4, -0.2) is 28.1 Å². The van der Waals surface area contributed by atoms with Gasteiger partial charge in [0.05, 0.1) is 18.5 Å². The molecular formula is C14H14N2O3. The number of hydrogen-bond donors (Lipinski definition) is 0. The van der Waals surface area contributed by atoms with Crippen LogP contribution in [0.2, 0.25) is 0 Å². The molecule has 0 fully saturated rings. The van der Waals surface area contributed by atoms with E-state index in [9.17, 15) is 9.59 Å². The topological polar surface area (TPSA) is 61.2 Å². The van der Waals surface area contributed by atoms with Gasteiger partial charge in [0.2, 0.25) is 0 Å². The first-order valence-electron chi connectivity index (χ1n) is 5.95. The maximum absolute atomic E-state index is 11.8. The number of nitrogens with zero attached hydrogens (tertiary/aromatic N) is 2. The number of esters is 1. The van der Waals surface area contributed by atoms with Gasteiger partial charge in [-0.15, -0.1) is 0 Å². The summed E-state index contributed by atoms with van der Waals surface area (Å²) in [4.78, 5) is 23.2. The van der Waals surface area contributed by atoms with Gasteiger partial charge in [-0.3, -0.25) is 4.79 Å². The van der Waals surface area contributed by atoms with Gasteiger partial charge in [-0.05, 0) is 31.5 Å². The molecule has 0 atom stereocenters. The SMILES string of the molecule is CCOC(=O)C(=O)c1cccc(-n2cc(C)cn2)c1. The molecule has 2 aromatic rings. The molecule has 5 nitrogen and oxygen atoms in total. The molecular weight excluding hydrogens is 244 g/mol. The second-order valence-corrected chi connectivity index (χ2v) is 4.06. The predicted octanol–water partition coefficient (Wildman–Crippen LogP) is 1.93. The van der Waals surface area contributed by atoms with E-state index < -0.39 is 11.8 Å². The van der Waals surface area contributed by atoms with Crippen LogP contribution in [0.25, 0.3) is 5.69 Å². The molecule has 19 heavy (non-hydrogen) atoms. The van der Waals surface area contributed by atoms with Crippen molar-refractivity contribution in [1.82, 2.24) is 9.78 Å². The summed E-state index contributed by atoms with van der Waals surface area (Å²) >= 11 is 0. The minimum atomic E-state index is -0.837. The molecule has 0 bridgehead atoms. The maximum Gasteiger partial charge on any atom is 0.379 e. The molecule has 0 saturated heterocycles. The lowest BCUT2D eigenvalue weighted by molar-refractivity contribution is -0.137. The predicted molar refractivity (Wildman–Crippen MR) is 69.3 cm³/mol. The molecule has 1 heterocycles. The number of Topliss-reactive ketones (excluding diaryl/α,β-unsaturated/α-hetero) is 1. The quantitative estimate of drug-likeness (QED) is 0.477. The lowest BCUT2D eigenvalue weighted by Crippen LogP contribution is -2.17. The summed E-state index contributed by atoms with van der Waals surface area (Å²) in [6.45, 7) is 3.77. The highest BCUT2D eigenvalue weighted by molar-refractivity contribution is 6.40. The third kappa shape index (κ3) is 2.88. The van der Waals surface area contributed by atoms with E-state index in [2.05, 4.69) is 5.10 Å². The van der Waals surface area contributed by atoms with Crippen LogP contribution < -0.4 is 0 Å². The van der Waals surface area contributed by atoms with E-state index in [1.807, 2.05) is 19.2 Å². The minimum absolute atomic E-state index is 0.183. The van der Waals surface area contributed by atoms with Crippen molar-refractivity contribution in [2.24, 2.45) is 0 Å². The van der Waals surface area contributed by atoms with Crippen LogP contribution in [-0.2, 0) is 9.53 Å². The van der Waals surface area contributed by atoms with E-state index in [0.717, 1.165) is 11.3 Å². The largest absolute Gasteiger partial charge is 0.460 e. The highest BCUT2D eigenvalue weighted by Crippen LogP contribution is 2.12. The molecule has 0 radical (unpaired) electrons. The third-order valence-electron chi connectivity index (χ3n) is 2.55. The van der Waals surface area contributed by atoms with Crippen LogP contribution in [0.4, 0.5) is 0 Å². The van der Waals surface area contributed by atoms with E-state index in [-0.39, 0.29) is 6.61 Å². The molecule has 98 valence electrons. The molecule has 0 spiro atoms. The monoisotopic (exact) mass is 258 g/mol. The number of hydrogen-bond acceptors (Lipinski definition) is 4. The average molecular weight is 258 g/mol. The summed E-state index contributed by atoms with van der Waals surface area (Å²) < 4.78 is 6.35. The Balaban J connectivity index is 2.29. The van der Waals surface area contributed by atoms with Gasteiger partial charge in [-0.1, -0.05) is 12.1 Å². The lowest BCUT2D eigenvalue weighted by atomic mass is 10.1. The molecule has 1 aromatic carbocycles. The summed E-state index contributed by atoms with van der Waals surface area (Å²) in [6, 6.07) is 6.72. The summed E-state index contributed by atoms with van der Waals surface area (Å²) in [5.74, 6) is -1.48. The number of rotatable bonds is 4. The Hall–Kier alpha value is -2.43. The zero-order chi connectivity index (χ0) is 13.8. The van der Waals surface area contributed by atoms with Crippen molar-refractivity contribution in [2.45, 2.75) is 13.8 Å². The van der Waals surface area contributed by atoms with Crippen LogP contribution in [0.3, 0.4) is 0 Å². The molecule has 0 N–H and O–H groups in total. The van der Waals surface area contributed by atoms with Crippen LogP contribution >= 0.6 is 0 Å². The van der Waals surface area contributed by atoms with Crippen molar-refractivity contribution in [2.75, 3.05) is 6.61 Å². The minimum Gasteiger partial charge on any atom is -0.460 e. The van der Waals surface area contributed by atoms with Gasteiger partial charge in [0.1, 0.15) is 0 Å². The number of carbonyl (C=O) groups is 2. The molecule has 0 saturated carbocycles. The van der Waals surface area contributed by atoms with E-state index in [1.54, 1.807) is 36.0 Å². The molecule has 0 amide bonds. The zero-order valence-electron chi connectivity index (χ0n) is 10.8. The Morgan fingerprint density at radius 3 is 2.79 bits per heavy atom. The van der Waals surface area contributed by atoms with E-state index >= 15 is 0 Å². The molecule has 1 aromatic heterocycles. The van der Waals surface area contributed by atoms with Gasteiger partial charge in [0, 0.05) is 11.8 Å². The number of aromatic nitrogens is 2. The average Bonchev–Trinajstić information content (AvgIpc) is 2.85. The molecule has 2 rings (SSSR count). The van der Waals surface area contributed by atoms with Crippen molar-refractivity contribution in [3.63, 3.8) is 0 Å². The normalized spacial score (nSPS) is 10.2.